The molecule has 2 aromatic rings. The van der Waals surface area contributed by atoms with Crippen LogP contribution in [0.5, 0.6) is 5.75 Å². The number of benzene rings is 2. The molecule has 2 aromatic carbocycles. The SMILES string of the molecule is C=CCc1ccccc1OCc1ccccc1C(C#N)=NOC. The molecule has 0 spiro atoms. The van der Waals surface area contributed by atoms with Gasteiger partial charge in [0.25, 0.3) is 0 Å². The Balaban J connectivity index is 2.24. The van der Waals surface area contributed by atoms with Gasteiger partial charge in [0.1, 0.15) is 25.5 Å². The molecule has 0 radical (unpaired) electrons. The van der Waals surface area contributed by atoms with E-state index in [1.54, 1.807) is 0 Å². The second-order valence-corrected chi connectivity index (χ2v) is 4.78. The molecule has 2 rings (SSSR count). The van der Waals surface area contributed by atoms with Crippen molar-refractivity contribution in [2.24, 2.45) is 5.16 Å². The Kier molecular flexibility index (Phi) is 5.96. The maximum absolute atomic E-state index is 9.22. The van der Waals surface area contributed by atoms with Crippen molar-refractivity contribution in [3.63, 3.8) is 0 Å². The molecule has 0 aliphatic rings. The molecule has 116 valence electrons. The number of nitriles is 1. The van der Waals surface area contributed by atoms with E-state index in [0.717, 1.165) is 23.3 Å². The quantitative estimate of drug-likeness (QED) is 0.443. The maximum Gasteiger partial charge on any atom is 0.187 e. The van der Waals surface area contributed by atoms with Crippen molar-refractivity contribution in [2.75, 3.05) is 7.11 Å². The van der Waals surface area contributed by atoms with Gasteiger partial charge in [0.05, 0.1) is 0 Å². The number of oxime groups is 1. The second kappa shape index (κ2) is 8.40. The molecule has 4 nitrogen and oxygen atoms in total. The van der Waals surface area contributed by atoms with Crippen LogP contribution in [-0.2, 0) is 17.9 Å². The molecular weight excluding hydrogens is 288 g/mol. The summed E-state index contributed by atoms with van der Waals surface area (Å²) >= 11 is 0. The minimum atomic E-state index is 0.228. The van der Waals surface area contributed by atoms with Crippen LogP contribution in [-0.4, -0.2) is 12.8 Å². The average Bonchev–Trinajstić information content (AvgIpc) is 2.59. The summed E-state index contributed by atoms with van der Waals surface area (Å²) in [6.07, 6.45) is 2.58. The fraction of sp³-hybridized carbons (Fsp3) is 0.158. The van der Waals surface area contributed by atoms with Crippen LogP contribution < -0.4 is 4.74 Å². The Morgan fingerprint density at radius 1 is 1.17 bits per heavy atom. The number of hydrogen-bond acceptors (Lipinski definition) is 4. The van der Waals surface area contributed by atoms with E-state index < -0.39 is 0 Å². The predicted octanol–water partition coefficient (Wildman–Crippen LogP) is 3.87. The number of nitrogens with zero attached hydrogens (tertiary/aromatic N) is 2. The molecule has 0 fully saturated rings. The summed E-state index contributed by atoms with van der Waals surface area (Å²) in [6.45, 7) is 4.11. The van der Waals surface area contributed by atoms with E-state index in [1.165, 1.54) is 7.11 Å². The van der Waals surface area contributed by atoms with Gasteiger partial charge in [-0.05, 0) is 23.6 Å². The van der Waals surface area contributed by atoms with Crippen molar-refractivity contribution in [2.45, 2.75) is 13.0 Å². The highest BCUT2D eigenvalue weighted by Gasteiger charge is 2.10. The minimum absolute atomic E-state index is 0.228. The van der Waals surface area contributed by atoms with Gasteiger partial charge in [-0.15, -0.1) is 6.58 Å². The van der Waals surface area contributed by atoms with Crippen LogP contribution in [0.15, 0.2) is 66.3 Å². The van der Waals surface area contributed by atoms with E-state index in [-0.39, 0.29) is 5.71 Å². The van der Waals surface area contributed by atoms with Gasteiger partial charge < -0.3 is 9.57 Å². The summed E-state index contributed by atoms with van der Waals surface area (Å²) in [5.74, 6) is 0.810. The lowest BCUT2D eigenvalue weighted by Crippen LogP contribution is -2.06. The standard InChI is InChI=1S/C19H18N2O2/c1-3-8-15-9-5-7-12-19(15)23-14-16-10-4-6-11-17(16)18(13-20)21-22-2/h3-7,9-12H,1,8,14H2,2H3. The van der Waals surface area contributed by atoms with Crippen molar-refractivity contribution in [3.8, 4) is 11.8 Å². The zero-order chi connectivity index (χ0) is 16.5. The summed E-state index contributed by atoms with van der Waals surface area (Å²) < 4.78 is 5.94. The number of para-hydroxylation sites is 1. The van der Waals surface area contributed by atoms with E-state index in [0.29, 0.717) is 12.2 Å². The van der Waals surface area contributed by atoms with Gasteiger partial charge in [0, 0.05) is 5.56 Å². The molecular formula is C19H18N2O2. The molecule has 0 saturated heterocycles. The highest BCUT2D eigenvalue weighted by molar-refractivity contribution is 6.12. The molecule has 0 bridgehead atoms. The molecule has 0 aliphatic heterocycles. The van der Waals surface area contributed by atoms with Crippen molar-refractivity contribution in [1.29, 1.82) is 5.26 Å². The number of hydrogen-bond donors (Lipinski definition) is 0. The molecule has 0 unspecified atom stereocenters. The number of ether oxygens (including phenoxy) is 1. The van der Waals surface area contributed by atoms with E-state index in [9.17, 15) is 5.26 Å². The second-order valence-electron chi connectivity index (χ2n) is 4.78. The van der Waals surface area contributed by atoms with Gasteiger partial charge in [-0.1, -0.05) is 53.7 Å². The van der Waals surface area contributed by atoms with Gasteiger partial charge >= 0.3 is 0 Å². The maximum atomic E-state index is 9.22. The summed E-state index contributed by atoms with van der Waals surface area (Å²) in [4.78, 5) is 4.73. The largest absolute Gasteiger partial charge is 0.489 e. The Morgan fingerprint density at radius 3 is 2.57 bits per heavy atom. The van der Waals surface area contributed by atoms with Crippen LogP contribution in [0.2, 0.25) is 0 Å². The first-order chi connectivity index (χ1) is 11.3. The van der Waals surface area contributed by atoms with Crippen LogP contribution >= 0.6 is 0 Å². The Bertz CT molecular complexity index is 745. The van der Waals surface area contributed by atoms with E-state index in [4.69, 9.17) is 9.57 Å². The Morgan fingerprint density at radius 2 is 1.87 bits per heavy atom. The predicted molar refractivity (Wildman–Crippen MR) is 90.3 cm³/mol. The van der Waals surface area contributed by atoms with Crippen LogP contribution in [0.4, 0.5) is 0 Å². The van der Waals surface area contributed by atoms with E-state index in [1.807, 2.05) is 60.7 Å². The first-order valence-corrected chi connectivity index (χ1v) is 7.21. The fourth-order valence-electron chi connectivity index (χ4n) is 2.22. The Hall–Kier alpha value is -3.06. The minimum Gasteiger partial charge on any atom is -0.489 e. The summed E-state index contributed by atoms with van der Waals surface area (Å²) in [5, 5.41) is 13.0. The molecule has 0 aromatic heterocycles. The van der Waals surface area contributed by atoms with Gasteiger partial charge in [0.15, 0.2) is 5.71 Å². The van der Waals surface area contributed by atoms with E-state index in [2.05, 4.69) is 11.7 Å². The summed E-state index contributed by atoms with van der Waals surface area (Å²) in [6, 6.07) is 17.4. The lowest BCUT2D eigenvalue weighted by Gasteiger charge is -2.12. The molecule has 0 atom stereocenters. The van der Waals surface area contributed by atoms with Gasteiger partial charge in [-0.2, -0.15) is 5.26 Å². The zero-order valence-corrected chi connectivity index (χ0v) is 13.0. The summed E-state index contributed by atoms with van der Waals surface area (Å²) in [7, 11) is 1.42. The lowest BCUT2D eigenvalue weighted by atomic mass is 10.0. The first-order valence-electron chi connectivity index (χ1n) is 7.21. The average molecular weight is 306 g/mol. The molecule has 0 saturated carbocycles. The van der Waals surface area contributed by atoms with Crippen LogP contribution in [0.1, 0.15) is 16.7 Å². The van der Waals surface area contributed by atoms with Crippen LogP contribution in [0, 0.1) is 11.3 Å². The highest BCUT2D eigenvalue weighted by Crippen LogP contribution is 2.21. The van der Waals surface area contributed by atoms with Gasteiger partial charge in [0.2, 0.25) is 0 Å². The third-order valence-electron chi connectivity index (χ3n) is 3.28. The molecule has 0 N–H and O–H groups in total. The van der Waals surface area contributed by atoms with Crippen molar-refractivity contribution in [1.82, 2.24) is 0 Å². The molecule has 0 amide bonds. The normalized spacial score (nSPS) is 10.7. The fourth-order valence-corrected chi connectivity index (χ4v) is 2.22. The smallest absolute Gasteiger partial charge is 0.187 e. The molecule has 0 aliphatic carbocycles. The summed E-state index contributed by atoms with van der Waals surface area (Å²) in [5.41, 5.74) is 2.88. The van der Waals surface area contributed by atoms with Gasteiger partial charge in [-0.3, -0.25) is 0 Å². The third-order valence-corrected chi connectivity index (χ3v) is 3.28. The van der Waals surface area contributed by atoms with E-state index >= 15 is 0 Å². The molecule has 0 heterocycles. The monoisotopic (exact) mass is 306 g/mol. The highest BCUT2D eigenvalue weighted by atomic mass is 16.6. The third kappa shape index (κ3) is 4.21. The van der Waals surface area contributed by atoms with Crippen molar-refractivity contribution < 1.29 is 9.57 Å². The van der Waals surface area contributed by atoms with Crippen molar-refractivity contribution in [3.05, 3.63) is 77.9 Å². The number of rotatable bonds is 7. The van der Waals surface area contributed by atoms with Crippen molar-refractivity contribution >= 4 is 5.71 Å². The molecule has 23 heavy (non-hydrogen) atoms. The topological polar surface area (TPSA) is 54.6 Å². The zero-order valence-electron chi connectivity index (χ0n) is 13.0. The van der Waals surface area contributed by atoms with Gasteiger partial charge in [-0.25, -0.2) is 0 Å². The molecule has 4 heteroatoms. The van der Waals surface area contributed by atoms with Crippen LogP contribution in [0.25, 0.3) is 0 Å². The Labute approximate surface area is 136 Å². The van der Waals surface area contributed by atoms with Crippen LogP contribution in [0.3, 0.4) is 0 Å². The lowest BCUT2D eigenvalue weighted by molar-refractivity contribution is 0.214. The number of allylic oxidation sites excluding steroid dienone is 1. The first kappa shape index (κ1) is 16.3.